The number of nitrogens with one attached hydrogen (secondary N) is 1. The summed E-state index contributed by atoms with van der Waals surface area (Å²) in [6, 6.07) is 3.42. The zero-order valence-corrected chi connectivity index (χ0v) is 10.2. The number of para-hydroxylation sites is 1. The molecule has 0 heterocycles. The summed E-state index contributed by atoms with van der Waals surface area (Å²) in [5, 5.41) is 2.34. The Morgan fingerprint density at radius 3 is 2.59 bits per heavy atom. The van der Waals surface area contributed by atoms with Crippen molar-refractivity contribution in [2.45, 2.75) is 12.2 Å². The van der Waals surface area contributed by atoms with Crippen LogP contribution in [0.5, 0.6) is 0 Å². The highest BCUT2D eigenvalue weighted by atomic mass is 32.2. The minimum absolute atomic E-state index is 0.117. The van der Waals surface area contributed by atoms with Crippen molar-refractivity contribution in [3.63, 3.8) is 0 Å². The summed E-state index contributed by atoms with van der Waals surface area (Å²) in [7, 11) is 0. The Balaban J connectivity index is 2.56. The fourth-order valence-corrected chi connectivity index (χ4v) is 1.72. The van der Waals surface area contributed by atoms with Crippen LogP contribution in [-0.4, -0.2) is 23.5 Å². The molecule has 0 saturated carbocycles. The minimum atomic E-state index is -0.782. The Hall–Kier alpha value is -1.14. The summed E-state index contributed by atoms with van der Waals surface area (Å²) in [4.78, 5) is 11.4. The Labute approximate surface area is 103 Å². The van der Waals surface area contributed by atoms with E-state index in [1.54, 1.807) is 0 Å². The van der Waals surface area contributed by atoms with Gasteiger partial charge in [-0.1, -0.05) is 13.0 Å². The molecule has 0 aliphatic rings. The number of nitrogens with two attached hydrogens (primary N) is 1. The third-order valence-corrected chi connectivity index (χ3v) is 3.25. The predicted octanol–water partition coefficient (Wildman–Crippen LogP) is 1.98. The molecular formula is C11H14F2N2OS. The number of thioether (sulfide) groups is 1. The molecule has 94 valence electrons. The maximum Gasteiger partial charge on any atom is 0.234 e. The SMILES string of the molecule is CC(CN)SCC(=O)Nc1c(F)cccc1F. The van der Waals surface area contributed by atoms with Crippen LogP contribution < -0.4 is 11.1 Å². The molecule has 3 N–H and O–H groups in total. The second kappa shape index (κ2) is 6.56. The first-order valence-electron chi connectivity index (χ1n) is 5.10. The maximum atomic E-state index is 13.2. The lowest BCUT2D eigenvalue weighted by molar-refractivity contribution is -0.113. The van der Waals surface area contributed by atoms with E-state index in [1.807, 2.05) is 6.92 Å². The number of amides is 1. The molecule has 1 rings (SSSR count). The Kier molecular flexibility index (Phi) is 5.37. The van der Waals surface area contributed by atoms with Gasteiger partial charge in [-0.3, -0.25) is 4.79 Å². The van der Waals surface area contributed by atoms with Crippen LogP contribution in [0.15, 0.2) is 18.2 Å². The van der Waals surface area contributed by atoms with Crippen LogP contribution in [0.3, 0.4) is 0 Å². The molecule has 1 aromatic rings. The largest absolute Gasteiger partial charge is 0.329 e. The normalized spacial score (nSPS) is 12.2. The first-order valence-corrected chi connectivity index (χ1v) is 6.15. The van der Waals surface area contributed by atoms with E-state index in [4.69, 9.17) is 5.73 Å². The molecule has 17 heavy (non-hydrogen) atoms. The van der Waals surface area contributed by atoms with Crippen molar-refractivity contribution in [3.8, 4) is 0 Å². The van der Waals surface area contributed by atoms with Gasteiger partial charge in [-0.25, -0.2) is 8.78 Å². The lowest BCUT2D eigenvalue weighted by atomic mass is 10.3. The number of halogens is 2. The van der Waals surface area contributed by atoms with Crippen molar-refractivity contribution in [2.75, 3.05) is 17.6 Å². The molecule has 0 bridgehead atoms. The summed E-state index contributed by atoms with van der Waals surface area (Å²) in [5.41, 5.74) is 4.98. The second-order valence-corrected chi connectivity index (χ2v) is 4.93. The smallest absolute Gasteiger partial charge is 0.234 e. The van der Waals surface area contributed by atoms with Crippen LogP contribution in [0.2, 0.25) is 0 Å². The molecule has 0 aliphatic heterocycles. The van der Waals surface area contributed by atoms with Crippen LogP contribution in [0.4, 0.5) is 14.5 Å². The van der Waals surface area contributed by atoms with Crippen molar-refractivity contribution in [1.82, 2.24) is 0 Å². The molecule has 0 saturated heterocycles. The molecule has 3 nitrogen and oxygen atoms in total. The molecule has 0 radical (unpaired) electrons. The van der Waals surface area contributed by atoms with Gasteiger partial charge in [0.25, 0.3) is 0 Å². The zero-order valence-electron chi connectivity index (χ0n) is 9.37. The third kappa shape index (κ3) is 4.32. The van der Waals surface area contributed by atoms with Crippen molar-refractivity contribution in [3.05, 3.63) is 29.8 Å². The lowest BCUT2D eigenvalue weighted by Gasteiger charge is -2.09. The summed E-state index contributed by atoms with van der Waals surface area (Å²) in [5.74, 6) is -1.89. The van der Waals surface area contributed by atoms with E-state index in [2.05, 4.69) is 5.32 Å². The zero-order chi connectivity index (χ0) is 12.8. The van der Waals surface area contributed by atoms with Gasteiger partial charge in [0.2, 0.25) is 5.91 Å². The Bertz CT molecular complexity index is 381. The van der Waals surface area contributed by atoms with Gasteiger partial charge in [-0.15, -0.1) is 11.8 Å². The molecule has 1 atom stereocenters. The molecule has 0 aliphatic carbocycles. The Morgan fingerprint density at radius 1 is 1.47 bits per heavy atom. The first kappa shape index (κ1) is 13.9. The molecule has 1 aromatic carbocycles. The summed E-state index contributed by atoms with van der Waals surface area (Å²) in [6.07, 6.45) is 0. The molecular weight excluding hydrogens is 246 g/mol. The third-order valence-electron chi connectivity index (χ3n) is 2.06. The number of carbonyl (C=O) groups excluding carboxylic acids is 1. The maximum absolute atomic E-state index is 13.2. The van der Waals surface area contributed by atoms with Gasteiger partial charge >= 0.3 is 0 Å². The molecule has 1 unspecified atom stereocenters. The van der Waals surface area contributed by atoms with E-state index in [1.165, 1.54) is 17.8 Å². The summed E-state index contributed by atoms with van der Waals surface area (Å²) >= 11 is 1.33. The van der Waals surface area contributed by atoms with E-state index in [0.29, 0.717) is 6.54 Å². The first-order chi connectivity index (χ1) is 8.04. The molecule has 0 aromatic heterocycles. The average molecular weight is 260 g/mol. The lowest BCUT2D eigenvalue weighted by Crippen LogP contribution is -2.20. The van der Waals surface area contributed by atoms with Crippen molar-refractivity contribution < 1.29 is 13.6 Å². The van der Waals surface area contributed by atoms with Gasteiger partial charge in [0.05, 0.1) is 5.75 Å². The van der Waals surface area contributed by atoms with Crippen molar-refractivity contribution in [2.24, 2.45) is 5.73 Å². The fourth-order valence-electron chi connectivity index (χ4n) is 1.08. The summed E-state index contributed by atoms with van der Waals surface area (Å²) < 4.78 is 26.4. The predicted molar refractivity (Wildman–Crippen MR) is 66.0 cm³/mol. The highest BCUT2D eigenvalue weighted by molar-refractivity contribution is 8.00. The fraction of sp³-hybridized carbons (Fsp3) is 0.364. The number of rotatable bonds is 5. The van der Waals surface area contributed by atoms with Gasteiger partial charge in [-0.2, -0.15) is 0 Å². The quantitative estimate of drug-likeness (QED) is 0.851. The van der Waals surface area contributed by atoms with Gasteiger partial charge < -0.3 is 11.1 Å². The van der Waals surface area contributed by atoms with Gasteiger partial charge in [0.15, 0.2) is 0 Å². The average Bonchev–Trinajstić information content (AvgIpc) is 2.31. The monoisotopic (exact) mass is 260 g/mol. The highest BCUT2D eigenvalue weighted by Gasteiger charge is 2.12. The van der Waals surface area contributed by atoms with Gasteiger partial charge in [0, 0.05) is 11.8 Å². The topological polar surface area (TPSA) is 55.1 Å². The van der Waals surface area contributed by atoms with Gasteiger partial charge in [-0.05, 0) is 12.1 Å². The van der Waals surface area contributed by atoms with E-state index in [9.17, 15) is 13.6 Å². The van der Waals surface area contributed by atoms with Crippen LogP contribution in [-0.2, 0) is 4.79 Å². The van der Waals surface area contributed by atoms with Crippen LogP contribution in [0.1, 0.15) is 6.92 Å². The van der Waals surface area contributed by atoms with Crippen LogP contribution in [0.25, 0.3) is 0 Å². The highest BCUT2D eigenvalue weighted by Crippen LogP contribution is 2.18. The molecule has 1 amide bonds. The second-order valence-electron chi connectivity index (χ2n) is 3.50. The number of carbonyl (C=O) groups is 1. The van der Waals surface area contributed by atoms with Crippen LogP contribution >= 0.6 is 11.8 Å². The molecule has 0 spiro atoms. The standard InChI is InChI=1S/C11H14F2N2OS/c1-7(5-14)17-6-10(16)15-11-8(12)3-2-4-9(11)13/h2-4,7H,5-6,14H2,1H3,(H,15,16). The molecule has 0 fully saturated rings. The number of benzene rings is 1. The minimum Gasteiger partial charge on any atom is -0.329 e. The number of hydrogen-bond acceptors (Lipinski definition) is 3. The van der Waals surface area contributed by atoms with E-state index < -0.39 is 23.2 Å². The van der Waals surface area contributed by atoms with Crippen molar-refractivity contribution >= 4 is 23.4 Å². The van der Waals surface area contributed by atoms with Gasteiger partial charge in [0.1, 0.15) is 17.3 Å². The summed E-state index contributed by atoms with van der Waals surface area (Å²) in [6.45, 7) is 2.33. The van der Waals surface area contributed by atoms with E-state index in [-0.39, 0.29) is 11.0 Å². The van der Waals surface area contributed by atoms with Crippen LogP contribution in [0, 0.1) is 11.6 Å². The van der Waals surface area contributed by atoms with E-state index in [0.717, 1.165) is 12.1 Å². The van der Waals surface area contributed by atoms with E-state index >= 15 is 0 Å². The number of anilines is 1. The Morgan fingerprint density at radius 2 is 2.06 bits per heavy atom. The molecule has 6 heteroatoms. The number of hydrogen-bond donors (Lipinski definition) is 2. The van der Waals surface area contributed by atoms with Crippen molar-refractivity contribution in [1.29, 1.82) is 0 Å².